The summed E-state index contributed by atoms with van der Waals surface area (Å²) in [4.78, 5) is 3.72. The van der Waals surface area contributed by atoms with Gasteiger partial charge in [0.2, 0.25) is 0 Å². The zero-order chi connectivity index (χ0) is 8.27. The summed E-state index contributed by atoms with van der Waals surface area (Å²) in [5.74, 6) is -0.124. The number of pyridine rings is 1. The maximum Gasteiger partial charge on any atom is 0.141 e. The monoisotopic (exact) mass is 154 g/mol. The molecule has 11 heavy (non-hydrogen) atoms. The van der Waals surface area contributed by atoms with Crippen LogP contribution in [0.3, 0.4) is 0 Å². The maximum atomic E-state index is 12.6. The summed E-state index contributed by atoms with van der Waals surface area (Å²) in [6, 6.07) is 1.46. The van der Waals surface area contributed by atoms with Crippen LogP contribution in [0.1, 0.15) is 18.4 Å². The van der Waals surface area contributed by atoms with E-state index < -0.39 is 0 Å². The van der Waals surface area contributed by atoms with Gasteiger partial charge in [-0.05, 0) is 24.1 Å². The first-order chi connectivity index (χ1) is 5.24. The van der Waals surface area contributed by atoms with Gasteiger partial charge < -0.3 is 5.73 Å². The zero-order valence-corrected chi connectivity index (χ0v) is 6.42. The molecular weight excluding hydrogens is 143 g/mol. The second-order valence-corrected chi connectivity index (χ2v) is 2.57. The lowest BCUT2D eigenvalue weighted by molar-refractivity contribution is 0.614. The van der Waals surface area contributed by atoms with Gasteiger partial charge in [0, 0.05) is 6.20 Å². The molecular formula is C8H11FN2. The molecule has 1 rings (SSSR count). The predicted octanol–water partition coefficient (Wildman–Crippen LogP) is 1.28. The Kier molecular flexibility index (Phi) is 2.54. The van der Waals surface area contributed by atoms with Crippen LogP contribution in [0, 0.1) is 5.82 Å². The molecule has 60 valence electrons. The van der Waals surface area contributed by atoms with Gasteiger partial charge in [0.1, 0.15) is 5.82 Å². The van der Waals surface area contributed by atoms with Gasteiger partial charge in [0.25, 0.3) is 0 Å². The van der Waals surface area contributed by atoms with Gasteiger partial charge >= 0.3 is 0 Å². The first kappa shape index (κ1) is 8.14. The third-order valence-corrected chi connectivity index (χ3v) is 1.65. The van der Waals surface area contributed by atoms with Crippen molar-refractivity contribution in [2.75, 3.05) is 6.54 Å². The first-order valence-corrected chi connectivity index (χ1v) is 3.54. The minimum atomic E-state index is -0.303. The number of hydrogen-bond acceptors (Lipinski definition) is 2. The van der Waals surface area contributed by atoms with E-state index in [1.165, 1.54) is 12.3 Å². The zero-order valence-electron chi connectivity index (χ0n) is 6.42. The summed E-state index contributed by atoms with van der Waals surface area (Å²) >= 11 is 0. The van der Waals surface area contributed by atoms with E-state index in [-0.39, 0.29) is 11.7 Å². The Bertz CT molecular complexity index is 237. The molecule has 0 saturated heterocycles. The van der Waals surface area contributed by atoms with E-state index >= 15 is 0 Å². The lowest BCUT2D eigenvalue weighted by Gasteiger charge is -2.06. The van der Waals surface area contributed by atoms with Crippen molar-refractivity contribution < 1.29 is 4.39 Å². The lowest BCUT2D eigenvalue weighted by atomic mass is 10.0. The van der Waals surface area contributed by atoms with Gasteiger partial charge in [-0.25, -0.2) is 4.39 Å². The first-order valence-electron chi connectivity index (χ1n) is 3.54. The average Bonchev–Trinajstić information content (AvgIpc) is 2.03. The maximum absolute atomic E-state index is 12.6. The molecule has 1 unspecified atom stereocenters. The number of halogens is 1. The van der Waals surface area contributed by atoms with Crippen LogP contribution in [-0.4, -0.2) is 11.5 Å². The summed E-state index contributed by atoms with van der Waals surface area (Å²) in [5.41, 5.74) is 6.26. The highest BCUT2D eigenvalue weighted by molar-refractivity contribution is 5.14. The number of aromatic nitrogens is 1. The van der Waals surface area contributed by atoms with Crippen molar-refractivity contribution in [3.63, 3.8) is 0 Å². The minimum absolute atomic E-state index is 0.179. The molecule has 0 aromatic carbocycles. The second-order valence-electron chi connectivity index (χ2n) is 2.57. The summed E-state index contributed by atoms with van der Waals surface area (Å²) in [6.07, 6.45) is 2.83. The van der Waals surface area contributed by atoms with Crippen molar-refractivity contribution in [3.05, 3.63) is 29.8 Å². The molecule has 0 amide bonds. The van der Waals surface area contributed by atoms with Crippen LogP contribution in [0.4, 0.5) is 4.39 Å². The molecule has 2 N–H and O–H groups in total. The van der Waals surface area contributed by atoms with Gasteiger partial charge in [-0.1, -0.05) is 6.92 Å². The van der Waals surface area contributed by atoms with Crippen LogP contribution in [-0.2, 0) is 0 Å². The SMILES string of the molecule is CC(CN)c1cncc(F)c1. The summed E-state index contributed by atoms with van der Waals surface area (Å²) in [7, 11) is 0. The van der Waals surface area contributed by atoms with Crippen molar-refractivity contribution in [3.8, 4) is 0 Å². The molecule has 2 nitrogen and oxygen atoms in total. The van der Waals surface area contributed by atoms with E-state index in [1.54, 1.807) is 6.20 Å². The second kappa shape index (κ2) is 3.44. The van der Waals surface area contributed by atoms with Crippen LogP contribution in [0.5, 0.6) is 0 Å². The normalized spacial score (nSPS) is 13.0. The van der Waals surface area contributed by atoms with Crippen LogP contribution in [0.25, 0.3) is 0 Å². The van der Waals surface area contributed by atoms with Gasteiger partial charge in [-0.2, -0.15) is 0 Å². The van der Waals surface area contributed by atoms with Crippen molar-refractivity contribution in [1.29, 1.82) is 0 Å². The minimum Gasteiger partial charge on any atom is -0.330 e. The molecule has 1 atom stereocenters. The topological polar surface area (TPSA) is 38.9 Å². The van der Waals surface area contributed by atoms with E-state index in [0.717, 1.165) is 5.56 Å². The molecule has 0 radical (unpaired) electrons. The quantitative estimate of drug-likeness (QED) is 0.697. The van der Waals surface area contributed by atoms with Crippen molar-refractivity contribution in [2.45, 2.75) is 12.8 Å². The highest BCUT2D eigenvalue weighted by atomic mass is 19.1. The number of nitrogens with zero attached hydrogens (tertiary/aromatic N) is 1. The van der Waals surface area contributed by atoms with Crippen LogP contribution < -0.4 is 5.73 Å². The van der Waals surface area contributed by atoms with Crippen molar-refractivity contribution in [1.82, 2.24) is 4.98 Å². The molecule has 1 aromatic heterocycles. The van der Waals surface area contributed by atoms with Crippen LogP contribution >= 0.6 is 0 Å². The Labute approximate surface area is 65.3 Å². The summed E-state index contributed by atoms with van der Waals surface area (Å²) < 4.78 is 12.6. The number of hydrogen-bond donors (Lipinski definition) is 1. The Hall–Kier alpha value is -0.960. The highest BCUT2D eigenvalue weighted by Gasteiger charge is 2.03. The molecule has 1 aromatic rings. The Morgan fingerprint density at radius 2 is 2.36 bits per heavy atom. The van der Waals surface area contributed by atoms with Crippen molar-refractivity contribution in [2.24, 2.45) is 5.73 Å². The highest BCUT2D eigenvalue weighted by Crippen LogP contribution is 2.12. The van der Waals surface area contributed by atoms with E-state index in [1.807, 2.05) is 6.92 Å². The van der Waals surface area contributed by atoms with E-state index in [9.17, 15) is 4.39 Å². The van der Waals surface area contributed by atoms with Gasteiger partial charge in [-0.3, -0.25) is 4.98 Å². The fourth-order valence-corrected chi connectivity index (χ4v) is 0.834. The van der Waals surface area contributed by atoms with Gasteiger partial charge in [0.15, 0.2) is 0 Å². The Balaban J connectivity index is 2.86. The smallest absolute Gasteiger partial charge is 0.141 e. The average molecular weight is 154 g/mol. The standard InChI is InChI=1S/C8H11FN2/c1-6(3-10)7-2-8(9)5-11-4-7/h2,4-6H,3,10H2,1H3. The molecule has 0 fully saturated rings. The summed E-state index contributed by atoms with van der Waals surface area (Å²) in [5, 5.41) is 0. The molecule has 0 aliphatic heterocycles. The fraction of sp³-hybridized carbons (Fsp3) is 0.375. The van der Waals surface area contributed by atoms with Crippen LogP contribution in [0.15, 0.2) is 18.5 Å². The lowest BCUT2D eigenvalue weighted by Crippen LogP contribution is -2.09. The number of nitrogens with two attached hydrogens (primary N) is 1. The van der Waals surface area contributed by atoms with Gasteiger partial charge in [0.05, 0.1) is 6.20 Å². The predicted molar refractivity (Wildman–Crippen MR) is 41.7 cm³/mol. The molecule has 0 aliphatic carbocycles. The fourth-order valence-electron chi connectivity index (χ4n) is 0.834. The Morgan fingerprint density at radius 3 is 2.91 bits per heavy atom. The van der Waals surface area contributed by atoms with E-state index in [0.29, 0.717) is 6.54 Å². The van der Waals surface area contributed by atoms with Gasteiger partial charge in [-0.15, -0.1) is 0 Å². The Morgan fingerprint density at radius 1 is 1.64 bits per heavy atom. The third kappa shape index (κ3) is 1.98. The molecule has 1 heterocycles. The largest absolute Gasteiger partial charge is 0.330 e. The number of rotatable bonds is 2. The molecule has 0 bridgehead atoms. The third-order valence-electron chi connectivity index (χ3n) is 1.65. The van der Waals surface area contributed by atoms with Crippen LogP contribution in [0.2, 0.25) is 0 Å². The van der Waals surface area contributed by atoms with E-state index in [4.69, 9.17) is 5.73 Å². The molecule has 0 aliphatic rings. The summed E-state index contributed by atoms with van der Waals surface area (Å²) in [6.45, 7) is 2.46. The molecule has 0 saturated carbocycles. The molecule has 0 spiro atoms. The molecule has 3 heteroatoms. The van der Waals surface area contributed by atoms with Crippen molar-refractivity contribution >= 4 is 0 Å². The van der Waals surface area contributed by atoms with E-state index in [2.05, 4.69) is 4.98 Å².